The third-order valence-electron chi connectivity index (χ3n) is 3.59. The predicted molar refractivity (Wildman–Crippen MR) is 103 cm³/mol. The summed E-state index contributed by atoms with van der Waals surface area (Å²) in [6.07, 6.45) is 0. The van der Waals surface area contributed by atoms with Gasteiger partial charge in [0.15, 0.2) is 5.11 Å². The zero-order valence-electron chi connectivity index (χ0n) is 14.1. The van der Waals surface area contributed by atoms with E-state index in [1.54, 1.807) is 0 Å². The van der Waals surface area contributed by atoms with Gasteiger partial charge in [-0.2, -0.15) is 0 Å². The minimum Gasteiger partial charge on any atom is -0.494 e. The molecule has 2 N–H and O–H groups in total. The molecular formula is C19H24N2OS. The first-order valence-electron chi connectivity index (χ1n) is 7.91. The minimum absolute atomic E-state index is 0.436. The van der Waals surface area contributed by atoms with Crippen LogP contribution in [0.4, 0.5) is 11.4 Å². The van der Waals surface area contributed by atoms with Crippen molar-refractivity contribution in [3.8, 4) is 5.75 Å². The van der Waals surface area contributed by atoms with Crippen molar-refractivity contribution in [1.29, 1.82) is 0 Å². The third-order valence-corrected chi connectivity index (χ3v) is 3.79. The monoisotopic (exact) mass is 328 g/mol. The largest absolute Gasteiger partial charge is 0.494 e. The first kappa shape index (κ1) is 17.3. The molecule has 0 spiro atoms. The normalized spacial score (nSPS) is 10.5. The number of hydrogen-bond donors (Lipinski definition) is 2. The molecule has 0 aliphatic carbocycles. The van der Waals surface area contributed by atoms with Crippen LogP contribution < -0.4 is 15.4 Å². The van der Waals surface area contributed by atoms with E-state index in [-0.39, 0.29) is 0 Å². The van der Waals surface area contributed by atoms with E-state index in [4.69, 9.17) is 17.0 Å². The van der Waals surface area contributed by atoms with E-state index in [1.165, 1.54) is 11.1 Å². The van der Waals surface area contributed by atoms with Crippen LogP contribution in [-0.4, -0.2) is 11.7 Å². The molecule has 0 saturated heterocycles. The average Bonchev–Trinajstić information content (AvgIpc) is 2.51. The van der Waals surface area contributed by atoms with E-state index < -0.39 is 0 Å². The van der Waals surface area contributed by atoms with Crippen molar-refractivity contribution in [1.82, 2.24) is 0 Å². The van der Waals surface area contributed by atoms with Gasteiger partial charge in [0, 0.05) is 11.4 Å². The van der Waals surface area contributed by atoms with Gasteiger partial charge < -0.3 is 15.4 Å². The van der Waals surface area contributed by atoms with E-state index >= 15 is 0 Å². The number of nitrogens with one attached hydrogen (secondary N) is 2. The van der Waals surface area contributed by atoms with Gasteiger partial charge in [-0.05, 0) is 67.4 Å². The van der Waals surface area contributed by atoms with Gasteiger partial charge in [-0.1, -0.05) is 32.0 Å². The first-order valence-corrected chi connectivity index (χ1v) is 8.32. The molecule has 2 aromatic rings. The SMILES string of the molecule is CCOc1ccc(NC(=S)Nc2c(C)cccc2C(C)C)cc1. The molecule has 122 valence electrons. The van der Waals surface area contributed by atoms with Crippen molar-refractivity contribution in [2.75, 3.05) is 17.2 Å². The van der Waals surface area contributed by atoms with Crippen molar-refractivity contribution in [3.05, 3.63) is 53.6 Å². The maximum Gasteiger partial charge on any atom is 0.175 e. The molecule has 0 fully saturated rings. The molecule has 0 saturated carbocycles. The van der Waals surface area contributed by atoms with E-state index in [2.05, 4.69) is 49.6 Å². The second kappa shape index (κ2) is 7.97. The minimum atomic E-state index is 0.436. The fraction of sp³-hybridized carbons (Fsp3) is 0.316. The number of aryl methyl sites for hydroxylation is 1. The predicted octanol–water partition coefficient (Wildman–Crippen LogP) is 5.33. The second-order valence-electron chi connectivity index (χ2n) is 5.73. The number of thiocarbonyl (C=S) groups is 1. The van der Waals surface area contributed by atoms with Crippen LogP contribution in [0.3, 0.4) is 0 Å². The van der Waals surface area contributed by atoms with Crippen molar-refractivity contribution >= 4 is 28.7 Å². The lowest BCUT2D eigenvalue weighted by molar-refractivity contribution is 0.340. The molecule has 0 bridgehead atoms. The van der Waals surface area contributed by atoms with Crippen LogP contribution in [-0.2, 0) is 0 Å². The fourth-order valence-corrected chi connectivity index (χ4v) is 2.64. The van der Waals surface area contributed by atoms with E-state index in [0.29, 0.717) is 17.6 Å². The number of anilines is 2. The van der Waals surface area contributed by atoms with Gasteiger partial charge >= 0.3 is 0 Å². The zero-order chi connectivity index (χ0) is 16.8. The molecule has 0 amide bonds. The van der Waals surface area contributed by atoms with E-state index in [0.717, 1.165) is 17.1 Å². The molecule has 0 aliphatic rings. The van der Waals surface area contributed by atoms with E-state index in [9.17, 15) is 0 Å². The van der Waals surface area contributed by atoms with Gasteiger partial charge in [-0.3, -0.25) is 0 Å². The van der Waals surface area contributed by atoms with Crippen LogP contribution in [0.5, 0.6) is 5.75 Å². The lowest BCUT2D eigenvalue weighted by Crippen LogP contribution is -2.20. The van der Waals surface area contributed by atoms with Gasteiger partial charge in [0.05, 0.1) is 6.61 Å². The highest BCUT2D eigenvalue weighted by atomic mass is 32.1. The Kier molecular flexibility index (Phi) is 5.99. The van der Waals surface area contributed by atoms with Crippen molar-refractivity contribution in [3.63, 3.8) is 0 Å². The molecule has 4 heteroatoms. The second-order valence-corrected chi connectivity index (χ2v) is 6.14. The molecule has 0 atom stereocenters. The number of benzene rings is 2. The third kappa shape index (κ3) is 4.70. The highest BCUT2D eigenvalue weighted by Gasteiger charge is 2.10. The summed E-state index contributed by atoms with van der Waals surface area (Å²) >= 11 is 5.45. The Balaban J connectivity index is 2.08. The number of rotatable bonds is 5. The molecular weight excluding hydrogens is 304 g/mol. The Morgan fingerprint density at radius 2 is 1.78 bits per heavy atom. The smallest absolute Gasteiger partial charge is 0.175 e. The van der Waals surface area contributed by atoms with Gasteiger partial charge in [0.25, 0.3) is 0 Å². The Morgan fingerprint density at radius 3 is 2.39 bits per heavy atom. The van der Waals surface area contributed by atoms with Crippen LogP contribution in [0.2, 0.25) is 0 Å². The van der Waals surface area contributed by atoms with Gasteiger partial charge in [0.2, 0.25) is 0 Å². The number of hydrogen-bond acceptors (Lipinski definition) is 2. The first-order chi connectivity index (χ1) is 11.0. The maximum atomic E-state index is 5.45. The summed E-state index contributed by atoms with van der Waals surface area (Å²) < 4.78 is 5.44. The highest BCUT2D eigenvalue weighted by Crippen LogP contribution is 2.27. The number of ether oxygens (including phenoxy) is 1. The standard InChI is InChI=1S/C19H24N2OS/c1-5-22-16-11-9-15(10-12-16)20-19(23)21-18-14(4)7-6-8-17(18)13(2)3/h6-13H,5H2,1-4H3,(H2,20,21,23). The van der Waals surface area contributed by atoms with Crippen LogP contribution >= 0.6 is 12.2 Å². The Morgan fingerprint density at radius 1 is 1.09 bits per heavy atom. The molecule has 2 aromatic carbocycles. The summed E-state index contributed by atoms with van der Waals surface area (Å²) in [4.78, 5) is 0. The fourth-order valence-electron chi connectivity index (χ4n) is 2.42. The number of para-hydroxylation sites is 1. The van der Waals surface area contributed by atoms with Crippen molar-refractivity contribution < 1.29 is 4.74 Å². The molecule has 0 aliphatic heterocycles. The molecule has 0 radical (unpaired) electrons. The summed E-state index contributed by atoms with van der Waals surface area (Å²) in [6.45, 7) is 9.09. The Bertz CT molecular complexity index is 666. The summed E-state index contributed by atoms with van der Waals surface area (Å²) in [5.41, 5.74) is 4.48. The average molecular weight is 328 g/mol. The zero-order valence-corrected chi connectivity index (χ0v) is 15.0. The van der Waals surface area contributed by atoms with Gasteiger partial charge in [-0.25, -0.2) is 0 Å². The Labute approximate surface area is 144 Å². The summed E-state index contributed by atoms with van der Waals surface area (Å²) in [5.74, 6) is 1.30. The maximum absolute atomic E-state index is 5.45. The van der Waals surface area contributed by atoms with Crippen molar-refractivity contribution in [2.45, 2.75) is 33.6 Å². The summed E-state index contributed by atoms with van der Waals surface area (Å²) in [6, 6.07) is 14.1. The van der Waals surface area contributed by atoms with Crippen molar-refractivity contribution in [2.24, 2.45) is 0 Å². The molecule has 23 heavy (non-hydrogen) atoms. The molecule has 0 aromatic heterocycles. The van der Waals surface area contributed by atoms with Crippen LogP contribution in [0.25, 0.3) is 0 Å². The molecule has 2 rings (SSSR count). The molecule has 0 unspecified atom stereocenters. The van der Waals surface area contributed by atoms with Crippen LogP contribution in [0.15, 0.2) is 42.5 Å². The molecule has 3 nitrogen and oxygen atoms in total. The van der Waals surface area contributed by atoms with Gasteiger partial charge in [0.1, 0.15) is 5.75 Å². The van der Waals surface area contributed by atoms with Crippen LogP contribution in [0, 0.1) is 6.92 Å². The highest BCUT2D eigenvalue weighted by molar-refractivity contribution is 7.80. The van der Waals surface area contributed by atoms with E-state index in [1.807, 2.05) is 31.2 Å². The Hall–Kier alpha value is -2.07. The lowest BCUT2D eigenvalue weighted by atomic mass is 9.98. The van der Waals surface area contributed by atoms with Crippen LogP contribution in [0.1, 0.15) is 37.8 Å². The lowest BCUT2D eigenvalue weighted by Gasteiger charge is -2.18. The topological polar surface area (TPSA) is 33.3 Å². The summed E-state index contributed by atoms with van der Waals surface area (Å²) in [7, 11) is 0. The molecule has 0 heterocycles. The van der Waals surface area contributed by atoms with Gasteiger partial charge in [-0.15, -0.1) is 0 Å². The summed E-state index contributed by atoms with van der Waals surface area (Å²) in [5, 5.41) is 7.14. The quantitative estimate of drug-likeness (QED) is 0.727.